The molecule has 4 amide bonds. The number of halogens is 1. The van der Waals surface area contributed by atoms with Gasteiger partial charge in [-0.1, -0.05) is 6.07 Å². The highest BCUT2D eigenvalue weighted by Crippen LogP contribution is 2.42. The molecule has 2 fully saturated rings. The summed E-state index contributed by atoms with van der Waals surface area (Å²) >= 11 is 0. The van der Waals surface area contributed by atoms with Gasteiger partial charge in [-0.25, -0.2) is 18.9 Å². The number of carbonyl (C=O) groups is 2. The molecule has 0 spiro atoms. The number of carbonyl (C=O) groups excluding carboxylic acids is 2. The summed E-state index contributed by atoms with van der Waals surface area (Å²) in [5, 5.41) is 16.4. The largest absolute Gasteiger partial charge is 0.490 e. The molecule has 1 aromatic heterocycles. The fraction of sp³-hybridized carbons (Fsp3) is 0.424. The Morgan fingerprint density at radius 1 is 1.02 bits per heavy atom. The molecule has 3 N–H and O–H groups in total. The zero-order valence-corrected chi connectivity index (χ0v) is 25.7. The summed E-state index contributed by atoms with van der Waals surface area (Å²) in [5.41, 5.74) is 1.69. The summed E-state index contributed by atoms with van der Waals surface area (Å²) in [7, 11) is 1.65. The summed E-state index contributed by atoms with van der Waals surface area (Å²) in [6, 6.07) is 8.74. The van der Waals surface area contributed by atoms with Gasteiger partial charge in [0.1, 0.15) is 23.1 Å². The molecule has 2 aromatic carbocycles. The maximum Gasteiger partial charge on any atom is 0.325 e. The zero-order chi connectivity index (χ0) is 31.8. The molecular weight excluding hydrogens is 567 g/mol. The number of pyridine rings is 1. The number of aliphatic hydroxyl groups is 1. The number of nitrogens with one attached hydrogen (secondary N) is 2. The Labute approximate surface area is 255 Å². The molecule has 5 rings (SSSR count). The maximum absolute atomic E-state index is 14.0. The van der Waals surface area contributed by atoms with Crippen LogP contribution in [0.15, 0.2) is 47.4 Å². The van der Waals surface area contributed by atoms with Crippen LogP contribution in [-0.4, -0.2) is 51.9 Å². The number of ether oxygens (including phenoxy) is 2. The van der Waals surface area contributed by atoms with Crippen molar-refractivity contribution in [1.82, 2.24) is 20.1 Å². The zero-order valence-electron chi connectivity index (χ0n) is 25.7. The number of hydrogen-bond acceptors (Lipinski definition) is 6. The van der Waals surface area contributed by atoms with Gasteiger partial charge in [0.25, 0.3) is 5.56 Å². The predicted octanol–water partition coefficient (Wildman–Crippen LogP) is 5.25. The number of benzene rings is 2. The number of rotatable bonds is 7. The van der Waals surface area contributed by atoms with Gasteiger partial charge in [-0.3, -0.25) is 4.79 Å². The summed E-state index contributed by atoms with van der Waals surface area (Å²) in [6.07, 6.45) is 4.04. The van der Waals surface area contributed by atoms with E-state index in [2.05, 4.69) is 10.6 Å². The number of imide groups is 1. The predicted molar refractivity (Wildman–Crippen MR) is 164 cm³/mol. The average molecular weight is 607 g/mol. The molecule has 0 bridgehead atoms. The van der Waals surface area contributed by atoms with Crippen molar-refractivity contribution in [3.8, 4) is 28.4 Å². The van der Waals surface area contributed by atoms with Crippen molar-refractivity contribution in [3.63, 3.8) is 0 Å². The van der Waals surface area contributed by atoms with Crippen molar-refractivity contribution in [2.24, 2.45) is 7.05 Å². The summed E-state index contributed by atoms with van der Waals surface area (Å²) in [6.45, 7) is 7.71. The Kier molecular flexibility index (Phi) is 8.69. The van der Waals surface area contributed by atoms with E-state index in [4.69, 9.17) is 9.47 Å². The number of nitrogens with zero attached hydrogens (tertiary/aromatic N) is 2. The fourth-order valence-electron chi connectivity index (χ4n) is 5.71. The summed E-state index contributed by atoms with van der Waals surface area (Å²) in [5.74, 6) is 0.994. The Morgan fingerprint density at radius 3 is 2.32 bits per heavy atom. The smallest absolute Gasteiger partial charge is 0.325 e. The minimum Gasteiger partial charge on any atom is -0.490 e. The van der Waals surface area contributed by atoms with Gasteiger partial charge in [0, 0.05) is 49.6 Å². The van der Waals surface area contributed by atoms with Crippen molar-refractivity contribution >= 4 is 12.1 Å². The Balaban J connectivity index is 1.43. The lowest BCUT2D eigenvalue weighted by Crippen LogP contribution is -2.47. The van der Waals surface area contributed by atoms with Crippen molar-refractivity contribution in [1.29, 1.82) is 0 Å². The van der Waals surface area contributed by atoms with E-state index in [1.165, 1.54) is 27.7 Å². The minimum atomic E-state index is -1.16. The molecule has 234 valence electrons. The third kappa shape index (κ3) is 6.72. The molecule has 1 aliphatic heterocycles. The summed E-state index contributed by atoms with van der Waals surface area (Å²) in [4.78, 5) is 38.3. The molecule has 2 aliphatic rings. The van der Waals surface area contributed by atoms with Crippen molar-refractivity contribution in [3.05, 3.63) is 75.5 Å². The molecule has 3 aromatic rings. The van der Waals surface area contributed by atoms with Crippen LogP contribution >= 0.6 is 0 Å². The van der Waals surface area contributed by atoms with Gasteiger partial charge in [-0.05, 0) is 94.3 Å². The SMILES string of the molecule is Cc1cc(F)cc(C)c1Oc1ccc(C(C)(C)O)cc1-c1cn(C)c(=O)cc1O[C@H]1CC[C@H](NC(=O)N2CCNC2=O)CC1. The van der Waals surface area contributed by atoms with E-state index in [0.717, 1.165) is 0 Å². The van der Waals surface area contributed by atoms with Gasteiger partial charge in [-0.15, -0.1) is 0 Å². The second-order valence-electron chi connectivity index (χ2n) is 12.2. The number of aryl methyl sites for hydroxylation is 3. The van der Waals surface area contributed by atoms with Crippen molar-refractivity contribution in [2.75, 3.05) is 13.1 Å². The van der Waals surface area contributed by atoms with E-state index in [0.29, 0.717) is 83.8 Å². The average Bonchev–Trinajstić information content (AvgIpc) is 3.39. The van der Waals surface area contributed by atoms with Crippen LogP contribution in [0.1, 0.15) is 56.2 Å². The van der Waals surface area contributed by atoms with Crippen LogP contribution in [0.3, 0.4) is 0 Å². The first kappa shape index (κ1) is 31.1. The molecule has 2 heterocycles. The highest BCUT2D eigenvalue weighted by Gasteiger charge is 2.31. The standard InChI is InChI=1S/C33H39FN4O6/c1-19-14-22(34)15-20(2)30(19)44-27-11-6-21(33(3,4)42)16-25(27)26-18-37(5)29(39)17-28(26)43-24-9-7-23(8-10-24)36-32(41)38-13-12-35-31(38)40/h6,11,14-18,23-24,42H,7-10,12-13H2,1-5H3,(H,35,40)(H,36,41)/t23-,24-. The van der Waals surface area contributed by atoms with Gasteiger partial charge in [-0.2, -0.15) is 0 Å². The molecule has 44 heavy (non-hydrogen) atoms. The lowest BCUT2D eigenvalue weighted by molar-refractivity contribution is 0.0786. The van der Waals surface area contributed by atoms with Crippen LogP contribution in [0.2, 0.25) is 0 Å². The first-order valence-corrected chi connectivity index (χ1v) is 14.8. The van der Waals surface area contributed by atoms with Gasteiger partial charge < -0.3 is 29.8 Å². The molecule has 0 atom stereocenters. The molecule has 10 nitrogen and oxygen atoms in total. The van der Waals surface area contributed by atoms with Crippen LogP contribution in [0.25, 0.3) is 11.1 Å². The van der Waals surface area contributed by atoms with Crippen LogP contribution in [0, 0.1) is 19.7 Å². The Hall–Kier alpha value is -4.38. The van der Waals surface area contributed by atoms with E-state index in [1.54, 1.807) is 53.1 Å². The molecule has 1 saturated heterocycles. The highest BCUT2D eigenvalue weighted by molar-refractivity contribution is 5.95. The molecule has 1 saturated carbocycles. The molecule has 0 radical (unpaired) electrons. The highest BCUT2D eigenvalue weighted by atomic mass is 19.1. The number of amides is 4. The Bertz CT molecular complexity index is 1620. The van der Waals surface area contributed by atoms with Gasteiger partial charge in [0.15, 0.2) is 0 Å². The first-order chi connectivity index (χ1) is 20.8. The van der Waals surface area contributed by atoms with Crippen LogP contribution in [0.5, 0.6) is 17.2 Å². The van der Waals surface area contributed by atoms with E-state index in [1.807, 2.05) is 6.07 Å². The second kappa shape index (κ2) is 12.3. The molecule has 0 unspecified atom stereocenters. The van der Waals surface area contributed by atoms with Crippen LogP contribution in [0.4, 0.5) is 14.0 Å². The Morgan fingerprint density at radius 2 is 1.70 bits per heavy atom. The van der Waals surface area contributed by atoms with Gasteiger partial charge >= 0.3 is 12.1 Å². The van der Waals surface area contributed by atoms with Crippen molar-refractivity contribution in [2.45, 2.75) is 71.1 Å². The van der Waals surface area contributed by atoms with E-state index >= 15 is 0 Å². The second-order valence-corrected chi connectivity index (χ2v) is 12.2. The number of hydrogen-bond donors (Lipinski definition) is 3. The van der Waals surface area contributed by atoms with Crippen LogP contribution in [-0.2, 0) is 12.6 Å². The maximum atomic E-state index is 14.0. The normalized spacial score (nSPS) is 18.6. The minimum absolute atomic E-state index is 0.0930. The number of urea groups is 2. The van der Waals surface area contributed by atoms with Gasteiger partial charge in [0.05, 0.1) is 11.7 Å². The van der Waals surface area contributed by atoms with E-state index in [9.17, 15) is 23.9 Å². The quantitative estimate of drug-likeness (QED) is 0.338. The molecule has 11 heteroatoms. The third-order valence-electron chi connectivity index (χ3n) is 8.20. The third-order valence-corrected chi connectivity index (χ3v) is 8.20. The van der Waals surface area contributed by atoms with Gasteiger partial charge in [0.2, 0.25) is 0 Å². The number of aromatic nitrogens is 1. The molecule has 1 aliphatic carbocycles. The van der Waals surface area contributed by atoms with E-state index in [-0.39, 0.29) is 29.6 Å². The fourth-order valence-corrected chi connectivity index (χ4v) is 5.71. The summed E-state index contributed by atoms with van der Waals surface area (Å²) < 4.78 is 28.4. The topological polar surface area (TPSA) is 122 Å². The lowest BCUT2D eigenvalue weighted by atomic mass is 9.92. The molecular formula is C33H39FN4O6. The van der Waals surface area contributed by atoms with E-state index < -0.39 is 11.6 Å². The monoisotopic (exact) mass is 606 g/mol. The van der Waals surface area contributed by atoms with Crippen LogP contribution < -0.4 is 25.7 Å². The van der Waals surface area contributed by atoms with Crippen molar-refractivity contribution < 1.29 is 28.6 Å². The lowest BCUT2D eigenvalue weighted by Gasteiger charge is -2.31. The first-order valence-electron chi connectivity index (χ1n) is 14.8.